The second kappa shape index (κ2) is 6.79. The van der Waals surface area contributed by atoms with Crippen LogP contribution in [-0.4, -0.2) is 0 Å². The fraction of sp³-hybridized carbons (Fsp3) is 0.130. The summed E-state index contributed by atoms with van der Waals surface area (Å²) in [6.07, 6.45) is -4.32. The highest BCUT2D eigenvalue weighted by Gasteiger charge is 2.38. The average molecular weight is 404 g/mol. The molecule has 4 rings (SSSR count). The number of rotatable bonds is 2. The second-order valence-corrected chi connectivity index (χ2v) is 6.84. The molecule has 0 amide bonds. The lowest BCUT2D eigenvalue weighted by Gasteiger charge is -2.13. The van der Waals surface area contributed by atoms with Crippen LogP contribution in [0, 0.1) is 17.5 Å². The third-order valence-corrected chi connectivity index (χ3v) is 5.03. The normalized spacial score (nSPS) is 12.1. The predicted octanol–water partition coefficient (Wildman–Crippen LogP) is 7.66. The van der Waals surface area contributed by atoms with E-state index in [2.05, 4.69) is 0 Å². The summed E-state index contributed by atoms with van der Waals surface area (Å²) in [7, 11) is 0. The van der Waals surface area contributed by atoms with Gasteiger partial charge >= 0.3 is 6.18 Å². The first-order valence-electron chi connectivity index (χ1n) is 8.90. The van der Waals surface area contributed by atoms with E-state index in [1.807, 2.05) is 31.2 Å². The maximum Gasteiger partial charge on any atom is 0.422 e. The van der Waals surface area contributed by atoms with Crippen molar-refractivity contribution in [3.05, 3.63) is 83.2 Å². The molecule has 0 unspecified atom stereocenters. The van der Waals surface area contributed by atoms with Crippen molar-refractivity contribution in [3.8, 4) is 11.1 Å². The van der Waals surface area contributed by atoms with Crippen LogP contribution in [0.25, 0.3) is 32.7 Å². The molecule has 0 aliphatic heterocycles. The van der Waals surface area contributed by atoms with Gasteiger partial charge in [0.15, 0.2) is 0 Å². The molecule has 148 valence electrons. The molecule has 0 radical (unpaired) electrons. The molecule has 6 heteroatoms. The van der Waals surface area contributed by atoms with Crippen LogP contribution in [0.5, 0.6) is 0 Å². The van der Waals surface area contributed by atoms with Gasteiger partial charge in [0.1, 0.15) is 23.0 Å². The molecule has 0 fully saturated rings. The highest BCUT2D eigenvalue weighted by atomic mass is 19.4. The maximum absolute atomic E-state index is 14.8. The lowest BCUT2D eigenvalue weighted by Crippen LogP contribution is -2.11. The van der Waals surface area contributed by atoms with Crippen LogP contribution < -0.4 is 0 Å². The molecule has 0 N–H and O–H groups in total. The van der Waals surface area contributed by atoms with E-state index < -0.39 is 29.2 Å². The van der Waals surface area contributed by atoms with Gasteiger partial charge in [0.2, 0.25) is 0 Å². The Morgan fingerprint density at radius 1 is 0.690 bits per heavy atom. The van der Waals surface area contributed by atoms with Crippen LogP contribution in [0.2, 0.25) is 0 Å². The van der Waals surface area contributed by atoms with E-state index in [1.54, 1.807) is 6.07 Å². The number of benzene rings is 4. The zero-order valence-electron chi connectivity index (χ0n) is 15.2. The molecule has 0 atom stereocenters. The van der Waals surface area contributed by atoms with E-state index in [4.69, 9.17) is 0 Å². The van der Waals surface area contributed by atoms with Gasteiger partial charge in [-0.3, -0.25) is 0 Å². The van der Waals surface area contributed by atoms with Crippen LogP contribution in [0.15, 0.2) is 54.6 Å². The van der Waals surface area contributed by atoms with E-state index >= 15 is 0 Å². The Balaban J connectivity index is 1.91. The van der Waals surface area contributed by atoms with Gasteiger partial charge in [-0.25, -0.2) is 13.2 Å². The molecule has 29 heavy (non-hydrogen) atoms. The molecule has 0 aliphatic rings. The number of hydrogen-bond acceptors (Lipinski definition) is 0. The summed E-state index contributed by atoms with van der Waals surface area (Å²) in [5, 5.41) is 2.96. The van der Waals surface area contributed by atoms with Gasteiger partial charge < -0.3 is 0 Å². The minimum atomic E-state index is -5.18. The first-order chi connectivity index (χ1) is 13.7. The first kappa shape index (κ1) is 19.3. The Morgan fingerprint density at radius 2 is 1.31 bits per heavy atom. The topological polar surface area (TPSA) is 0 Å². The smallest absolute Gasteiger partial charge is 0.206 e. The zero-order chi connectivity index (χ0) is 20.9. The largest absolute Gasteiger partial charge is 0.422 e. The fourth-order valence-corrected chi connectivity index (χ4v) is 3.58. The van der Waals surface area contributed by atoms with Crippen molar-refractivity contribution < 1.29 is 26.3 Å². The van der Waals surface area contributed by atoms with Gasteiger partial charge in [-0.2, -0.15) is 13.2 Å². The van der Waals surface area contributed by atoms with Crippen LogP contribution in [0.1, 0.15) is 18.1 Å². The molecule has 0 aliphatic carbocycles. The monoisotopic (exact) mass is 404 g/mol. The lowest BCUT2D eigenvalue weighted by atomic mass is 9.95. The van der Waals surface area contributed by atoms with E-state index in [0.29, 0.717) is 22.9 Å². The Hall–Kier alpha value is -3.02. The van der Waals surface area contributed by atoms with E-state index in [1.165, 1.54) is 12.1 Å². The molecule has 0 bridgehead atoms. The molecule has 4 aromatic carbocycles. The predicted molar refractivity (Wildman–Crippen MR) is 101 cm³/mol. The number of aryl methyl sites for hydroxylation is 1. The van der Waals surface area contributed by atoms with Crippen molar-refractivity contribution in [1.29, 1.82) is 0 Å². The third kappa shape index (κ3) is 3.33. The fourth-order valence-electron chi connectivity index (χ4n) is 3.58. The van der Waals surface area contributed by atoms with Gasteiger partial charge in [0, 0.05) is 5.56 Å². The van der Waals surface area contributed by atoms with E-state index in [-0.39, 0.29) is 11.1 Å². The molecule has 0 spiro atoms. The third-order valence-electron chi connectivity index (χ3n) is 5.03. The van der Waals surface area contributed by atoms with Gasteiger partial charge in [-0.1, -0.05) is 37.3 Å². The Bertz CT molecular complexity index is 1230. The Labute approximate surface area is 162 Å². The van der Waals surface area contributed by atoms with Gasteiger partial charge in [0.05, 0.1) is 0 Å². The molecule has 0 heterocycles. The number of alkyl halides is 3. The lowest BCUT2D eigenvalue weighted by molar-refractivity contribution is -0.142. The van der Waals surface area contributed by atoms with Crippen LogP contribution >= 0.6 is 0 Å². The summed E-state index contributed by atoms with van der Waals surface area (Å²) in [6.45, 7) is 2.02. The van der Waals surface area contributed by atoms with Gasteiger partial charge in [0.25, 0.3) is 0 Å². The summed E-state index contributed by atoms with van der Waals surface area (Å²) < 4.78 is 81.0. The zero-order valence-corrected chi connectivity index (χ0v) is 15.2. The van der Waals surface area contributed by atoms with Crippen molar-refractivity contribution >= 4 is 21.5 Å². The van der Waals surface area contributed by atoms with Crippen molar-refractivity contribution in [1.82, 2.24) is 0 Å². The molecule has 4 aromatic rings. The van der Waals surface area contributed by atoms with Crippen LogP contribution in [-0.2, 0) is 12.6 Å². The molecule has 0 nitrogen and oxygen atoms in total. The van der Waals surface area contributed by atoms with Crippen molar-refractivity contribution in [2.24, 2.45) is 0 Å². The molecule has 0 saturated carbocycles. The minimum Gasteiger partial charge on any atom is -0.206 e. The highest BCUT2D eigenvalue weighted by molar-refractivity contribution is 6.08. The van der Waals surface area contributed by atoms with E-state index in [9.17, 15) is 26.3 Å². The standard InChI is InChI=1S/C23H14F6/c1-2-12-3-6-16-13(7-12)4-5-14-8-18(19(24)11-17(14)16)15-9-20(25)22(21(26)10-15)23(27,28)29/h3-11H,2H2,1H3. The highest BCUT2D eigenvalue weighted by Crippen LogP contribution is 2.38. The van der Waals surface area contributed by atoms with Gasteiger partial charge in [-0.15, -0.1) is 0 Å². The summed E-state index contributed by atoms with van der Waals surface area (Å²) in [5.41, 5.74) is -1.33. The van der Waals surface area contributed by atoms with Crippen molar-refractivity contribution in [2.75, 3.05) is 0 Å². The van der Waals surface area contributed by atoms with E-state index in [0.717, 1.165) is 22.8 Å². The van der Waals surface area contributed by atoms with Crippen molar-refractivity contribution in [3.63, 3.8) is 0 Å². The minimum absolute atomic E-state index is 0.173. The quantitative estimate of drug-likeness (QED) is 0.238. The summed E-state index contributed by atoms with van der Waals surface area (Å²) in [4.78, 5) is 0. The molecular formula is C23H14F6. The maximum atomic E-state index is 14.8. The summed E-state index contributed by atoms with van der Waals surface area (Å²) in [6, 6.07) is 13.1. The molecule has 0 saturated heterocycles. The Morgan fingerprint density at radius 3 is 1.90 bits per heavy atom. The first-order valence-corrected chi connectivity index (χ1v) is 8.90. The number of hydrogen-bond donors (Lipinski definition) is 0. The number of fused-ring (bicyclic) bond motifs is 3. The van der Waals surface area contributed by atoms with Crippen LogP contribution in [0.3, 0.4) is 0 Å². The molecular weight excluding hydrogens is 390 g/mol. The Kier molecular flexibility index (Phi) is 4.52. The average Bonchev–Trinajstić information content (AvgIpc) is 2.65. The summed E-state index contributed by atoms with van der Waals surface area (Å²) in [5.74, 6) is -4.33. The molecule has 0 aromatic heterocycles. The van der Waals surface area contributed by atoms with Gasteiger partial charge in [-0.05, 0) is 63.4 Å². The second-order valence-electron chi connectivity index (χ2n) is 6.84. The SMILES string of the molecule is CCc1ccc2c(ccc3cc(-c4cc(F)c(C(F)(F)F)c(F)c4)c(F)cc32)c1. The van der Waals surface area contributed by atoms with Crippen molar-refractivity contribution in [2.45, 2.75) is 19.5 Å². The summed E-state index contributed by atoms with van der Waals surface area (Å²) >= 11 is 0. The van der Waals surface area contributed by atoms with Crippen LogP contribution in [0.4, 0.5) is 26.3 Å². The number of halogens is 6.